The van der Waals surface area contributed by atoms with Crippen molar-refractivity contribution in [3.05, 3.63) is 145 Å². The Morgan fingerprint density at radius 1 is 0.352 bits per heavy atom. The van der Waals surface area contributed by atoms with Crippen molar-refractivity contribution in [2.24, 2.45) is 28.2 Å². The predicted molar refractivity (Wildman–Crippen MR) is 203 cm³/mol. The van der Waals surface area contributed by atoms with E-state index in [0.717, 1.165) is 89.4 Å². The SMILES string of the molecule is C[n+]1ccc(-c2c3nc(c(-c4cc[n+](C)cc4)c4ccc([n-]4)c(-c4cc[n+](C)cc4)c4nc(c(-c5cc[n+](C)cc5)c5ccc2[n-]5)C=C4)C=C3)cc1.[Cl-].[Fe+3]. The molecule has 9 rings (SSSR count). The molecule has 2 aliphatic rings. The molecule has 2 aliphatic heterocycles. The number of aromatic nitrogens is 8. The Balaban J connectivity index is 0.00000225. The van der Waals surface area contributed by atoms with Crippen LogP contribution in [0.15, 0.2) is 122 Å². The molecule has 8 bridgehead atoms. The molecule has 0 spiro atoms. The van der Waals surface area contributed by atoms with Gasteiger partial charge in [0, 0.05) is 48.5 Å². The van der Waals surface area contributed by atoms with E-state index in [2.05, 4.69) is 147 Å². The maximum absolute atomic E-state index is 5.35. The Morgan fingerprint density at radius 2 is 0.556 bits per heavy atom. The summed E-state index contributed by atoms with van der Waals surface area (Å²) in [4.78, 5) is 21.4. The molecular formula is C44H36ClFeN8+4. The smallest absolute Gasteiger partial charge is 1.00 e. The first-order chi connectivity index (χ1) is 25.4. The van der Waals surface area contributed by atoms with Crippen LogP contribution in [-0.2, 0) is 45.3 Å². The third-order valence-corrected chi connectivity index (χ3v) is 9.68. The van der Waals surface area contributed by atoms with E-state index in [1.54, 1.807) is 0 Å². The van der Waals surface area contributed by atoms with Crippen LogP contribution in [0.3, 0.4) is 0 Å². The molecule has 0 saturated heterocycles. The normalized spacial score (nSPS) is 11.6. The van der Waals surface area contributed by atoms with Gasteiger partial charge in [0.15, 0.2) is 49.6 Å². The van der Waals surface area contributed by atoms with Gasteiger partial charge in [-0.3, -0.25) is 0 Å². The molecule has 9 heterocycles. The van der Waals surface area contributed by atoms with Crippen molar-refractivity contribution in [1.82, 2.24) is 19.9 Å². The first kappa shape index (κ1) is 36.4. The second-order valence-corrected chi connectivity index (χ2v) is 13.4. The number of halogens is 1. The van der Waals surface area contributed by atoms with Gasteiger partial charge in [0.05, 0.1) is 22.8 Å². The van der Waals surface area contributed by atoms with Crippen LogP contribution in [0.1, 0.15) is 22.8 Å². The van der Waals surface area contributed by atoms with Gasteiger partial charge < -0.3 is 22.4 Å². The van der Waals surface area contributed by atoms with Crippen molar-refractivity contribution in [3.8, 4) is 44.5 Å². The number of pyridine rings is 4. The fourth-order valence-electron chi connectivity index (χ4n) is 6.94. The zero-order valence-electron chi connectivity index (χ0n) is 30.2. The van der Waals surface area contributed by atoms with E-state index >= 15 is 0 Å². The minimum Gasteiger partial charge on any atom is -1.00 e. The Hall–Kier alpha value is -5.99. The molecule has 0 aromatic carbocycles. The summed E-state index contributed by atoms with van der Waals surface area (Å²) in [6, 6.07) is 25.4. The predicted octanol–water partition coefficient (Wildman–Crippen LogP) is 2.88. The van der Waals surface area contributed by atoms with Crippen LogP contribution >= 0.6 is 0 Å². The van der Waals surface area contributed by atoms with Gasteiger partial charge >= 0.3 is 17.1 Å². The van der Waals surface area contributed by atoms with Crippen LogP contribution in [0.25, 0.3) is 90.9 Å². The van der Waals surface area contributed by atoms with Gasteiger partial charge in [-0.05, 0) is 68.8 Å². The van der Waals surface area contributed by atoms with Gasteiger partial charge in [-0.2, -0.15) is 0 Å². The van der Waals surface area contributed by atoms with E-state index in [9.17, 15) is 0 Å². The fourth-order valence-corrected chi connectivity index (χ4v) is 6.94. The zero-order chi connectivity index (χ0) is 35.3. The van der Waals surface area contributed by atoms with E-state index in [1.807, 2.05) is 46.5 Å². The molecule has 0 saturated carbocycles. The average molecular weight is 768 g/mol. The van der Waals surface area contributed by atoms with E-state index in [4.69, 9.17) is 19.9 Å². The molecule has 0 fully saturated rings. The molecule has 54 heavy (non-hydrogen) atoms. The number of fused-ring (bicyclic) bond motifs is 8. The molecular weight excluding hydrogens is 732 g/mol. The number of nitrogens with zero attached hydrogens (tertiary/aromatic N) is 8. The topological polar surface area (TPSA) is 69.5 Å². The standard InChI is InChI=1S/C44H36N8.ClH.Fe/c1-49-21-13-29(14-22-49)41-33-5-7-35(45-33)42(30-15-23-50(2)24-16-30)37-9-11-39(47-37)44(32-19-27-52(4)28-20-32)40-12-10-38(48-40)43(36-8-6-34(41)46-36)31-17-25-51(3)26-18-31;;/h5-28H,1-4H3;1H;/q+2;;+3/p-1. The molecule has 0 unspecified atom stereocenters. The van der Waals surface area contributed by atoms with Crippen LogP contribution in [0.5, 0.6) is 0 Å². The summed E-state index contributed by atoms with van der Waals surface area (Å²) in [5, 5.41) is 0. The van der Waals surface area contributed by atoms with E-state index < -0.39 is 0 Å². The molecule has 1 radical (unpaired) electrons. The summed E-state index contributed by atoms with van der Waals surface area (Å²) in [5.74, 6) is 0. The first-order valence-corrected chi connectivity index (χ1v) is 17.3. The molecule has 0 atom stereocenters. The summed E-state index contributed by atoms with van der Waals surface area (Å²) >= 11 is 0. The molecule has 263 valence electrons. The van der Waals surface area contributed by atoms with Gasteiger partial charge in [0.2, 0.25) is 0 Å². The second kappa shape index (κ2) is 14.8. The molecule has 0 aliphatic carbocycles. The molecule has 7 aromatic rings. The number of aryl methyl sites for hydroxylation is 4. The minimum atomic E-state index is 0. The summed E-state index contributed by atoms with van der Waals surface area (Å²) in [7, 11) is 8.10. The largest absolute Gasteiger partial charge is 3.00 e. The van der Waals surface area contributed by atoms with Gasteiger partial charge in [0.25, 0.3) is 0 Å². The maximum atomic E-state index is 5.35. The van der Waals surface area contributed by atoms with Crippen LogP contribution in [0, 0.1) is 0 Å². The quantitative estimate of drug-likeness (QED) is 0.204. The number of hydrogen-bond acceptors (Lipinski definition) is 2. The van der Waals surface area contributed by atoms with Crippen LogP contribution in [0.4, 0.5) is 0 Å². The molecule has 0 N–H and O–H groups in total. The number of rotatable bonds is 4. The summed E-state index contributed by atoms with van der Waals surface area (Å²) < 4.78 is 8.14. The molecule has 7 aromatic heterocycles. The van der Waals surface area contributed by atoms with Crippen molar-refractivity contribution in [1.29, 1.82) is 0 Å². The first-order valence-electron chi connectivity index (χ1n) is 17.3. The van der Waals surface area contributed by atoms with Crippen molar-refractivity contribution in [3.63, 3.8) is 0 Å². The van der Waals surface area contributed by atoms with Crippen molar-refractivity contribution >= 4 is 46.4 Å². The Kier molecular flexibility index (Phi) is 9.97. The zero-order valence-corrected chi connectivity index (χ0v) is 32.0. The summed E-state index contributed by atoms with van der Waals surface area (Å²) in [6.45, 7) is 0. The van der Waals surface area contributed by atoms with Crippen molar-refractivity contribution < 1.29 is 47.7 Å². The Morgan fingerprint density at radius 3 is 0.759 bits per heavy atom. The van der Waals surface area contributed by atoms with Gasteiger partial charge in [-0.25, -0.2) is 28.2 Å². The Bertz CT molecular complexity index is 2370. The van der Waals surface area contributed by atoms with Gasteiger partial charge in [0.1, 0.15) is 28.2 Å². The van der Waals surface area contributed by atoms with Crippen LogP contribution in [0.2, 0.25) is 0 Å². The van der Waals surface area contributed by atoms with E-state index in [0.29, 0.717) is 0 Å². The average Bonchev–Trinajstić information content (AvgIpc) is 3.99. The Labute approximate surface area is 330 Å². The molecule has 0 amide bonds. The third kappa shape index (κ3) is 6.69. The van der Waals surface area contributed by atoms with E-state index in [1.165, 1.54) is 0 Å². The van der Waals surface area contributed by atoms with Crippen LogP contribution < -0.4 is 40.6 Å². The van der Waals surface area contributed by atoms with E-state index in [-0.39, 0.29) is 29.5 Å². The number of hydrogen-bond donors (Lipinski definition) is 0. The van der Waals surface area contributed by atoms with Crippen molar-refractivity contribution in [2.45, 2.75) is 0 Å². The maximum Gasteiger partial charge on any atom is 3.00 e. The van der Waals surface area contributed by atoms with Crippen molar-refractivity contribution in [2.75, 3.05) is 0 Å². The summed E-state index contributed by atoms with van der Waals surface area (Å²) in [6.07, 6.45) is 24.9. The minimum absolute atomic E-state index is 0. The summed E-state index contributed by atoms with van der Waals surface area (Å²) in [5.41, 5.74) is 14.7. The monoisotopic (exact) mass is 767 g/mol. The fraction of sp³-hybridized carbons (Fsp3) is 0.0909. The van der Waals surface area contributed by atoms with Gasteiger partial charge in [-0.15, -0.1) is 22.1 Å². The van der Waals surface area contributed by atoms with Crippen LogP contribution in [-0.4, -0.2) is 9.97 Å². The van der Waals surface area contributed by atoms with Gasteiger partial charge in [-0.1, -0.05) is 24.3 Å². The third-order valence-electron chi connectivity index (χ3n) is 9.68. The molecule has 8 nitrogen and oxygen atoms in total. The molecule has 10 heteroatoms. The second-order valence-electron chi connectivity index (χ2n) is 13.4.